The zero-order chi connectivity index (χ0) is 17.2. The summed E-state index contributed by atoms with van der Waals surface area (Å²) in [6.45, 7) is 2.33. The van der Waals surface area contributed by atoms with E-state index in [0.717, 1.165) is 36.0 Å². The Morgan fingerprint density at radius 2 is 1.84 bits per heavy atom. The van der Waals surface area contributed by atoms with Crippen LogP contribution in [0.1, 0.15) is 50.5 Å². The number of carbonyl (C=O) groups is 2. The van der Waals surface area contributed by atoms with Crippen LogP contribution in [0.15, 0.2) is 35.9 Å². The van der Waals surface area contributed by atoms with Gasteiger partial charge in [-0.2, -0.15) is 0 Å². The number of hydrogen-bond donors (Lipinski definition) is 1. The van der Waals surface area contributed by atoms with Crippen molar-refractivity contribution in [2.75, 3.05) is 13.1 Å². The minimum absolute atomic E-state index is 0.0115. The molecule has 4 heteroatoms. The highest BCUT2D eigenvalue weighted by molar-refractivity contribution is 6.10. The predicted octanol–water partition coefficient (Wildman–Crippen LogP) is 2.94. The zero-order valence-electron chi connectivity index (χ0n) is 14.7. The van der Waals surface area contributed by atoms with Gasteiger partial charge in [0, 0.05) is 24.1 Å². The maximum atomic E-state index is 12.7. The number of ketones is 1. The molecule has 132 valence electrons. The monoisotopic (exact) mass is 338 g/mol. The molecular weight excluding hydrogens is 312 g/mol. The van der Waals surface area contributed by atoms with Gasteiger partial charge in [-0.3, -0.25) is 14.5 Å². The summed E-state index contributed by atoms with van der Waals surface area (Å²) in [7, 11) is 0. The number of amides is 1. The number of allylic oxidation sites excluding steroid dienone is 1. The number of piperidine rings is 1. The van der Waals surface area contributed by atoms with Crippen molar-refractivity contribution >= 4 is 17.3 Å². The highest BCUT2D eigenvalue weighted by Crippen LogP contribution is 2.33. The van der Waals surface area contributed by atoms with Gasteiger partial charge in [0.2, 0.25) is 5.91 Å². The van der Waals surface area contributed by atoms with Crippen molar-refractivity contribution in [3.63, 3.8) is 0 Å². The number of carbonyl (C=O) groups excluding carboxylic acids is 2. The van der Waals surface area contributed by atoms with Crippen LogP contribution in [0.2, 0.25) is 0 Å². The highest BCUT2D eigenvalue weighted by Gasteiger charge is 2.35. The van der Waals surface area contributed by atoms with Gasteiger partial charge in [0.05, 0.1) is 6.42 Å². The third kappa shape index (κ3) is 3.40. The molecule has 0 radical (unpaired) electrons. The first-order valence-electron chi connectivity index (χ1n) is 9.56. The molecule has 2 atom stereocenters. The SMILES string of the molecule is O=C(CC1=C(c2ccccc2)CCC1=O)N[C@H]1CCCN2CCC[C@@H]12. The summed E-state index contributed by atoms with van der Waals surface area (Å²) >= 11 is 0. The molecule has 0 bridgehead atoms. The van der Waals surface area contributed by atoms with Gasteiger partial charge in [-0.15, -0.1) is 0 Å². The molecule has 3 aliphatic rings. The van der Waals surface area contributed by atoms with Crippen molar-refractivity contribution in [1.29, 1.82) is 0 Å². The lowest BCUT2D eigenvalue weighted by atomic mass is 9.95. The van der Waals surface area contributed by atoms with Crippen LogP contribution < -0.4 is 5.32 Å². The van der Waals surface area contributed by atoms with E-state index in [4.69, 9.17) is 0 Å². The van der Waals surface area contributed by atoms with Gasteiger partial charge in [0.1, 0.15) is 0 Å². The fourth-order valence-electron chi connectivity index (χ4n) is 4.75. The molecule has 2 aliphatic heterocycles. The standard InChI is InChI=1S/C21H26N2O2/c24-20-11-10-16(15-6-2-1-3-7-15)17(20)14-21(25)22-18-8-4-12-23-13-5-9-19(18)23/h1-3,6-7,18-19H,4-5,8-14H2,(H,22,25)/t18-,19-/m0/s1. The van der Waals surface area contributed by atoms with E-state index in [1.54, 1.807) is 0 Å². The number of nitrogens with one attached hydrogen (secondary N) is 1. The summed E-state index contributed by atoms with van der Waals surface area (Å²) in [6.07, 6.45) is 6.15. The van der Waals surface area contributed by atoms with Crippen LogP contribution in [0.4, 0.5) is 0 Å². The maximum absolute atomic E-state index is 12.7. The Labute approximate surface area is 149 Å². The molecule has 1 aromatic rings. The first kappa shape index (κ1) is 16.5. The van der Waals surface area contributed by atoms with Crippen molar-refractivity contribution in [1.82, 2.24) is 10.2 Å². The van der Waals surface area contributed by atoms with E-state index >= 15 is 0 Å². The molecule has 0 unspecified atom stereocenters. The number of fused-ring (bicyclic) bond motifs is 1. The Bertz CT molecular complexity index is 695. The summed E-state index contributed by atoms with van der Waals surface area (Å²) in [5, 5.41) is 3.24. The molecule has 0 saturated carbocycles. The van der Waals surface area contributed by atoms with Crippen molar-refractivity contribution in [2.24, 2.45) is 0 Å². The molecule has 1 aromatic carbocycles. The Morgan fingerprint density at radius 3 is 2.64 bits per heavy atom. The zero-order valence-corrected chi connectivity index (χ0v) is 14.7. The fraction of sp³-hybridized carbons (Fsp3) is 0.524. The largest absolute Gasteiger partial charge is 0.352 e. The van der Waals surface area contributed by atoms with E-state index in [-0.39, 0.29) is 24.2 Å². The van der Waals surface area contributed by atoms with E-state index in [9.17, 15) is 9.59 Å². The van der Waals surface area contributed by atoms with Gasteiger partial charge in [0.15, 0.2) is 5.78 Å². The topological polar surface area (TPSA) is 49.4 Å². The summed E-state index contributed by atoms with van der Waals surface area (Å²) in [6, 6.07) is 10.8. The first-order chi connectivity index (χ1) is 12.2. The Kier molecular flexibility index (Phi) is 4.71. The van der Waals surface area contributed by atoms with E-state index in [0.29, 0.717) is 12.5 Å². The van der Waals surface area contributed by atoms with Crippen LogP contribution in [0.25, 0.3) is 5.57 Å². The molecule has 4 rings (SSSR count). The second-order valence-corrected chi connectivity index (χ2v) is 7.48. The van der Waals surface area contributed by atoms with Crippen LogP contribution in [0, 0.1) is 0 Å². The second kappa shape index (κ2) is 7.12. The summed E-state index contributed by atoms with van der Waals surface area (Å²) in [4.78, 5) is 27.5. The summed E-state index contributed by atoms with van der Waals surface area (Å²) in [5.74, 6) is 0.151. The van der Waals surface area contributed by atoms with Crippen LogP contribution in [-0.4, -0.2) is 41.8 Å². The quantitative estimate of drug-likeness (QED) is 0.918. The average Bonchev–Trinajstić information content (AvgIpc) is 3.24. The summed E-state index contributed by atoms with van der Waals surface area (Å²) < 4.78 is 0. The van der Waals surface area contributed by atoms with Crippen LogP contribution >= 0.6 is 0 Å². The lowest BCUT2D eigenvalue weighted by molar-refractivity contribution is -0.123. The van der Waals surface area contributed by atoms with Gasteiger partial charge in [-0.1, -0.05) is 30.3 Å². The average molecular weight is 338 g/mol. The van der Waals surface area contributed by atoms with E-state index < -0.39 is 0 Å². The number of benzene rings is 1. The molecule has 1 N–H and O–H groups in total. The third-order valence-electron chi connectivity index (χ3n) is 5.95. The minimum Gasteiger partial charge on any atom is -0.352 e. The number of rotatable bonds is 4. The smallest absolute Gasteiger partial charge is 0.224 e. The molecule has 0 spiro atoms. The van der Waals surface area contributed by atoms with Crippen molar-refractivity contribution in [3.8, 4) is 0 Å². The van der Waals surface area contributed by atoms with Gasteiger partial charge in [-0.25, -0.2) is 0 Å². The lowest BCUT2D eigenvalue weighted by Crippen LogP contribution is -2.52. The lowest BCUT2D eigenvalue weighted by Gasteiger charge is -2.37. The minimum atomic E-state index is 0.0115. The number of Topliss-reactive ketones (excluding diaryl/α,β-unsaturated/α-hetero) is 1. The fourth-order valence-corrected chi connectivity index (χ4v) is 4.75. The molecule has 2 fully saturated rings. The van der Waals surface area contributed by atoms with Gasteiger partial charge in [0.25, 0.3) is 0 Å². The van der Waals surface area contributed by atoms with E-state index in [1.807, 2.05) is 30.3 Å². The van der Waals surface area contributed by atoms with Crippen LogP contribution in [0.5, 0.6) is 0 Å². The van der Waals surface area contributed by atoms with Gasteiger partial charge >= 0.3 is 0 Å². The number of nitrogens with zero attached hydrogens (tertiary/aromatic N) is 1. The molecule has 1 aliphatic carbocycles. The Morgan fingerprint density at radius 1 is 1.08 bits per heavy atom. The van der Waals surface area contributed by atoms with Crippen molar-refractivity contribution < 1.29 is 9.59 Å². The van der Waals surface area contributed by atoms with Crippen molar-refractivity contribution in [2.45, 2.75) is 57.0 Å². The molecule has 0 aromatic heterocycles. The van der Waals surface area contributed by atoms with Gasteiger partial charge < -0.3 is 5.32 Å². The normalized spacial score (nSPS) is 26.8. The maximum Gasteiger partial charge on any atom is 0.224 e. The highest BCUT2D eigenvalue weighted by atomic mass is 16.2. The molecule has 25 heavy (non-hydrogen) atoms. The second-order valence-electron chi connectivity index (χ2n) is 7.48. The molecule has 2 saturated heterocycles. The van der Waals surface area contributed by atoms with Gasteiger partial charge in [-0.05, 0) is 56.3 Å². The van der Waals surface area contributed by atoms with E-state index in [1.165, 1.54) is 25.9 Å². The molecular formula is C21H26N2O2. The first-order valence-corrected chi connectivity index (χ1v) is 9.56. The van der Waals surface area contributed by atoms with E-state index in [2.05, 4.69) is 10.2 Å². The Hall–Kier alpha value is -1.94. The Balaban J connectivity index is 1.46. The molecule has 1 amide bonds. The predicted molar refractivity (Wildman–Crippen MR) is 98.0 cm³/mol. The molecule has 4 nitrogen and oxygen atoms in total. The summed E-state index contributed by atoms with van der Waals surface area (Å²) in [5.41, 5.74) is 2.87. The van der Waals surface area contributed by atoms with Crippen molar-refractivity contribution in [3.05, 3.63) is 41.5 Å². The number of hydrogen-bond acceptors (Lipinski definition) is 3. The third-order valence-corrected chi connectivity index (χ3v) is 5.95. The molecule has 2 heterocycles. The van der Waals surface area contributed by atoms with Crippen LogP contribution in [-0.2, 0) is 9.59 Å². The van der Waals surface area contributed by atoms with Crippen LogP contribution in [0.3, 0.4) is 0 Å².